The molecule has 0 aliphatic heterocycles. The van der Waals surface area contributed by atoms with Crippen LogP contribution in [0.4, 0.5) is 4.79 Å². The second-order valence-electron chi connectivity index (χ2n) is 4.72. The van der Waals surface area contributed by atoms with Gasteiger partial charge >= 0.3 is 6.03 Å². The second kappa shape index (κ2) is 7.73. The van der Waals surface area contributed by atoms with Crippen molar-refractivity contribution in [3.05, 3.63) is 65.9 Å². The van der Waals surface area contributed by atoms with E-state index in [1.807, 2.05) is 30.3 Å². The molecule has 5 heteroatoms. The van der Waals surface area contributed by atoms with Crippen LogP contribution in [-0.2, 0) is 6.42 Å². The van der Waals surface area contributed by atoms with Crippen molar-refractivity contribution >= 4 is 12.1 Å². The summed E-state index contributed by atoms with van der Waals surface area (Å²) in [6.07, 6.45) is 3.86. The topological polar surface area (TPSA) is 81.6 Å². The van der Waals surface area contributed by atoms with Crippen molar-refractivity contribution in [1.82, 2.24) is 10.6 Å². The Morgan fingerprint density at radius 3 is 2.55 bits per heavy atom. The van der Waals surface area contributed by atoms with E-state index in [2.05, 4.69) is 10.6 Å². The first-order chi connectivity index (χ1) is 10.6. The van der Waals surface area contributed by atoms with Gasteiger partial charge in [0.15, 0.2) is 11.5 Å². The van der Waals surface area contributed by atoms with Crippen LogP contribution in [0.3, 0.4) is 0 Å². The van der Waals surface area contributed by atoms with Crippen LogP contribution in [0.15, 0.2) is 54.7 Å². The SMILES string of the molecule is O=C(N/C=C/c1ccc(O)c(O)c1)NCCc1ccccc1. The van der Waals surface area contributed by atoms with Gasteiger partial charge in [-0.2, -0.15) is 0 Å². The molecule has 2 aromatic rings. The molecule has 114 valence electrons. The van der Waals surface area contributed by atoms with Gasteiger partial charge in [-0.25, -0.2) is 4.79 Å². The molecule has 0 heterocycles. The van der Waals surface area contributed by atoms with Crippen LogP contribution < -0.4 is 10.6 Å². The highest BCUT2D eigenvalue weighted by Gasteiger charge is 1.99. The van der Waals surface area contributed by atoms with Crippen LogP contribution in [-0.4, -0.2) is 22.8 Å². The Morgan fingerprint density at radius 1 is 1.05 bits per heavy atom. The fourth-order valence-electron chi connectivity index (χ4n) is 1.87. The monoisotopic (exact) mass is 298 g/mol. The van der Waals surface area contributed by atoms with Crippen molar-refractivity contribution in [1.29, 1.82) is 0 Å². The molecule has 0 aliphatic rings. The molecule has 0 spiro atoms. The number of phenolic OH excluding ortho intramolecular Hbond substituents is 2. The lowest BCUT2D eigenvalue weighted by Gasteiger charge is -2.04. The van der Waals surface area contributed by atoms with Gasteiger partial charge in [0, 0.05) is 12.7 Å². The van der Waals surface area contributed by atoms with Crippen molar-refractivity contribution < 1.29 is 15.0 Å². The van der Waals surface area contributed by atoms with E-state index >= 15 is 0 Å². The van der Waals surface area contributed by atoms with Crippen LogP contribution >= 0.6 is 0 Å². The molecule has 0 aliphatic carbocycles. The van der Waals surface area contributed by atoms with Crippen molar-refractivity contribution in [2.75, 3.05) is 6.54 Å². The van der Waals surface area contributed by atoms with Gasteiger partial charge in [0.2, 0.25) is 0 Å². The molecule has 4 N–H and O–H groups in total. The van der Waals surface area contributed by atoms with E-state index in [0.717, 1.165) is 12.0 Å². The van der Waals surface area contributed by atoms with E-state index in [1.54, 1.807) is 12.1 Å². The quantitative estimate of drug-likeness (QED) is 0.640. The van der Waals surface area contributed by atoms with Gasteiger partial charge < -0.3 is 20.8 Å². The van der Waals surface area contributed by atoms with Gasteiger partial charge in [-0.05, 0) is 35.8 Å². The molecular formula is C17H18N2O3. The van der Waals surface area contributed by atoms with E-state index in [9.17, 15) is 15.0 Å². The van der Waals surface area contributed by atoms with Gasteiger partial charge in [-0.1, -0.05) is 36.4 Å². The Labute approximate surface area is 128 Å². The van der Waals surface area contributed by atoms with Crippen LogP contribution in [0, 0.1) is 0 Å². The lowest BCUT2D eigenvalue weighted by molar-refractivity contribution is 0.244. The van der Waals surface area contributed by atoms with Crippen LogP contribution in [0.5, 0.6) is 11.5 Å². The average Bonchev–Trinajstić information content (AvgIpc) is 2.52. The Bertz CT molecular complexity index is 654. The van der Waals surface area contributed by atoms with Crippen molar-refractivity contribution in [3.63, 3.8) is 0 Å². The number of urea groups is 1. The van der Waals surface area contributed by atoms with Gasteiger partial charge in [0.05, 0.1) is 0 Å². The number of hydrogen-bond donors (Lipinski definition) is 4. The predicted octanol–water partition coefficient (Wildman–Crippen LogP) is 2.61. The molecule has 0 bridgehead atoms. The summed E-state index contributed by atoms with van der Waals surface area (Å²) >= 11 is 0. The minimum absolute atomic E-state index is 0.177. The fraction of sp³-hybridized carbons (Fsp3) is 0.118. The van der Waals surface area contributed by atoms with E-state index in [-0.39, 0.29) is 17.5 Å². The van der Waals surface area contributed by atoms with E-state index in [4.69, 9.17) is 0 Å². The van der Waals surface area contributed by atoms with Gasteiger partial charge in [0.25, 0.3) is 0 Å². The summed E-state index contributed by atoms with van der Waals surface area (Å²) in [6, 6.07) is 14.0. The normalized spacial score (nSPS) is 10.5. The maximum absolute atomic E-state index is 11.6. The molecule has 5 nitrogen and oxygen atoms in total. The van der Waals surface area contributed by atoms with Gasteiger partial charge in [0.1, 0.15) is 0 Å². The third-order valence-electron chi connectivity index (χ3n) is 3.03. The minimum atomic E-state index is -0.296. The smallest absolute Gasteiger partial charge is 0.318 e. The lowest BCUT2D eigenvalue weighted by Crippen LogP contribution is -2.33. The maximum Gasteiger partial charge on any atom is 0.318 e. The van der Waals surface area contributed by atoms with Gasteiger partial charge in [-0.15, -0.1) is 0 Å². The number of aromatic hydroxyl groups is 2. The highest BCUT2D eigenvalue weighted by molar-refractivity contribution is 5.75. The molecule has 0 saturated heterocycles. The Kier molecular flexibility index (Phi) is 5.43. The number of phenols is 2. The highest BCUT2D eigenvalue weighted by Crippen LogP contribution is 2.25. The predicted molar refractivity (Wildman–Crippen MR) is 85.5 cm³/mol. The summed E-state index contributed by atoms with van der Waals surface area (Å²) in [4.78, 5) is 11.6. The Balaban J connectivity index is 1.73. The number of nitrogens with one attached hydrogen (secondary N) is 2. The fourth-order valence-corrected chi connectivity index (χ4v) is 1.87. The van der Waals surface area contributed by atoms with Crippen molar-refractivity contribution in [3.8, 4) is 11.5 Å². The summed E-state index contributed by atoms with van der Waals surface area (Å²) in [7, 11) is 0. The number of carbonyl (C=O) groups is 1. The number of rotatable bonds is 5. The highest BCUT2D eigenvalue weighted by atomic mass is 16.3. The Morgan fingerprint density at radius 2 is 1.82 bits per heavy atom. The first-order valence-corrected chi connectivity index (χ1v) is 6.92. The largest absolute Gasteiger partial charge is 0.504 e. The molecule has 0 fully saturated rings. The standard InChI is InChI=1S/C17H18N2O3/c20-15-7-6-14(12-16(15)21)9-11-19-17(22)18-10-8-13-4-2-1-3-5-13/h1-7,9,11-12,20-21H,8,10H2,(H2,18,19,22)/b11-9+. The van der Waals surface area contributed by atoms with Crippen LogP contribution in [0.25, 0.3) is 6.08 Å². The molecule has 0 aromatic heterocycles. The van der Waals surface area contributed by atoms with E-state index in [1.165, 1.54) is 18.3 Å². The van der Waals surface area contributed by atoms with Gasteiger partial charge in [-0.3, -0.25) is 0 Å². The summed E-state index contributed by atoms with van der Waals surface area (Å²) in [5.41, 5.74) is 1.83. The molecule has 2 rings (SSSR count). The molecule has 0 atom stereocenters. The molecule has 2 aromatic carbocycles. The van der Waals surface area contributed by atoms with E-state index in [0.29, 0.717) is 12.1 Å². The zero-order valence-corrected chi connectivity index (χ0v) is 12.0. The zero-order valence-electron chi connectivity index (χ0n) is 12.0. The first-order valence-electron chi connectivity index (χ1n) is 6.92. The molecular weight excluding hydrogens is 280 g/mol. The number of amides is 2. The number of benzene rings is 2. The molecule has 0 unspecified atom stereocenters. The summed E-state index contributed by atoms with van der Waals surface area (Å²) < 4.78 is 0. The zero-order chi connectivity index (χ0) is 15.8. The minimum Gasteiger partial charge on any atom is -0.504 e. The van der Waals surface area contributed by atoms with Crippen molar-refractivity contribution in [2.24, 2.45) is 0 Å². The summed E-state index contributed by atoms with van der Waals surface area (Å²) in [6.45, 7) is 0.545. The first kappa shape index (κ1) is 15.4. The third-order valence-corrected chi connectivity index (χ3v) is 3.03. The molecule has 0 saturated carbocycles. The lowest BCUT2D eigenvalue weighted by atomic mass is 10.1. The Hall–Kier alpha value is -2.95. The second-order valence-corrected chi connectivity index (χ2v) is 4.72. The van der Waals surface area contributed by atoms with Crippen LogP contribution in [0.1, 0.15) is 11.1 Å². The summed E-state index contributed by atoms with van der Waals surface area (Å²) in [5.74, 6) is -0.377. The van der Waals surface area contributed by atoms with Crippen molar-refractivity contribution in [2.45, 2.75) is 6.42 Å². The third kappa shape index (κ3) is 4.86. The van der Waals surface area contributed by atoms with E-state index < -0.39 is 0 Å². The molecule has 22 heavy (non-hydrogen) atoms. The number of hydrogen-bond acceptors (Lipinski definition) is 3. The number of carbonyl (C=O) groups excluding carboxylic acids is 1. The maximum atomic E-state index is 11.6. The average molecular weight is 298 g/mol. The summed E-state index contributed by atoms with van der Waals surface area (Å²) in [5, 5.41) is 23.9. The molecule has 2 amide bonds. The molecule has 0 radical (unpaired) electrons. The van der Waals surface area contributed by atoms with Crippen LogP contribution in [0.2, 0.25) is 0 Å².